The van der Waals surface area contributed by atoms with Gasteiger partial charge in [-0.3, -0.25) is 23.9 Å². The first kappa shape index (κ1) is 50.4. The van der Waals surface area contributed by atoms with Gasteiger partial charge in [0.1, 0.15) is 53.6 Å². The van der Waals surface area contributed by atoms with Gasteiger partial charge < -0.3 is 4.57 Å². The summed E-state index contributed by atoms with van der Waals surface area (Å²) in [6.45, 7) is 2.43. The Morgan fingerprint density at radius 2 is 1.28 bits per heavy atom. The topological polar surface area (TPSA) is 122 Å². The molecule has 5 aromatic carbocycles. The van der Waals surface area contributed by atoms with Crippen molar-refractivity contribution in [1.29, 1.82) is 0 Å². The Labute approximate surface area is 557 Å². The lowest BCUT2D eigenvalue weighted by Gasteiger charge is -1.94. The monoisotopic (exact) mass is 1290 g/mol. The number of imidazole rings is 6. The molecule has 0 saturated carbocycles. The third-order valence-electron chi connectivity index (χ3n) is 19.7. The minimum atomic E-state index is -2.21. The SMILES string of the molecule is C1=[n+]2c(sc3cnccc32)=[N+]2Cc3ccccc3C12.[2H]C([2H])([2H])n1c2ccncc2c2c1sc1[n+]2Cc2ccccc2-1.c1ccc2c(c1)C[n+]1cc3n(cc4ccncn43)c1-2.c1ccc2c(c1)Cn1c-2c[n+]2cc3ccncn3c12.c1ccc2c(c1)Cn1c[n+]3cc4cnccn4c3c1-2. The van der Waals surface area contributed by atoms with Gasteiger partial charge in [0.15, 0.2) is 48.0 Å². The molecule has 6 aliphatic rings. The predicted molar refractivity (Wildman–Crippen MR) is 367 cm³/mol. The zero-order valence-electron chi connectivity index (χ0n) is 54.2. The van der Waals surface area contributed by atoms with Gasteiger partial charge in [-0.15, -0.1) is 4.58 Å². The summed E-state index contributed by atoms with van der Waals surface area (Å²) < 4.78 is 53.6. The summed E-state index contributed by atoms with van der Waals surface area (Å²) in [4.78, 5) is 23.1. The Morgan fingerprint density at radius 1 is 0.562 bits per heavy atom. The summed E-state index contributed by atoms with van der Waals surface area (Å²) in [6, 6.07) is 51.2. The summed E-state index contributed by atoms with van der Waals surface area (Å²) in [5, 5.41) is 2.02. The highest BCUT2D eigenvalue weighted by Crippen LogP contribution is 2.40. The number of pyridine rings is 2. The molecule has 0 saturated heterocycles. The van der Waals surface area contributed by atoms with E-state index in [1.54, 1.807) is 29.8 Å². The summed E-state index contributed by atoms with van der Waals surface area (Å²) in [5.41, 5.74) is 24.9. The molecule has 20 heterocycles. The van der Waals surface area contributed by atoms with E-state index in [0.29, 0.717) is 11.6 Å². The number of rotatable bonds is 0. The number of nitrogens with zero attached hydrogens (tertiary/aromatic N) is 18. The van der Waals surface area contributed by atoms with E-state index in [2.05, 4.69) is 237 Å². The van der Waals surface area contributed by atoms with E-state index in [9.17, 15) is 0 Å². The molecular formula is C76H56N18S2+6. The van der Waals surface area contributed by atoms with Gasteiger partial charge in [-0.1, -0.05) is 113 Å². The van der Waals surface area contributed by atoms with Gasteiger partial charge in [-0.25, -0.2) is 32.3 Å². The van der Waals surface area contributed by atoms with E-state index >= 15 is 0 Å². The Morgan fingerprint density at radius 3 is 2.16 bits per heavy atom. The molecule has 1 unspecified atom stereocenters. The molecule has 0 spiro atoms. The van der Waals surface area contributed by atoms with E-state index < -0.39 is 6.98 Å². The first-order chi connectivity index (χ1) is 48.7. The van der Waals surface area contributed by atoms with E-state index in [-0.39, 0.29) is 0 Å². The Bertz CT molecular complexity index is 6760. The second-order valence-electron chi connectivity index (χ2n) is 25.0. The fourth-order valence-corrected chi connectivity index (χ4v) is 17.9. The summed E-state index contributed by atoms with van der Waals surface area (Å²) >= 11 is 3.38. The molecule has 18 nitrogen and oxygen atoms in total. The molecular weight excluding hydrogens is 1230 g/mol. The van der Waals surface area contributed by atoms with Crippen LogP contribution in [0.25, 0.3) is 110 Å². The van der Waals surface area contributed by atoms with E-state index in [1.807, 2.05) is 91.6 Å². The molecule has 6 aliphatic heterocycles. The van der Waals surface area contributed by atoms with Crippen LogP contribution in [0.1, 0.15) is 43.5 Å². The molecule has 0 N–H and O–H groups in total. The number of aryl methyl sites for hydroxylation is 1. The van der Waals surface area contributed by atoms with Crippen LogP contribution in [0.3, 0.4) is 0 Å². The van der Waals surface area contributed by atoms with Crippen molar-refractivity contribution in [1.82, 2.24) is 60.8 Å². The van der Waals surface area contributed by atoms with Crippen LogP contribution < -0.4 is 31.6 Å². The first-order valence-corrected chi connectivity index (χ1v) is 33.5. The van der Waals surface area contributed by atoms with E-state index in [0.717, 1.165) is 81.4 Å². The van der Waals surface area contributed by atoms with Gasteiger partial charge in [0.05, 0.1) is 65.4 Å². The molecule has 456 valence electrons. The van der Waals surface area contributed by atoms with Crippen LogP contribution in [-0.2, 0) is 39.7 Å². The van der Waals surface area contributed by atoms with Crippen molar-refractivity contribution in [2.75, 3.05) is 0 Å². The highest BCUT2D eigenvalue weighted by molar-refractivity contribution is 7.21. The van der Waals surface area contributed by atoms with Crippen LogP contribution in [-0.4, -0.2) is 56.2 Å². The highest BCUT2D eigenvalue weighted by Gasteiger charge is 2.44. The lowest BCUT2D eigenvalue weighted by atomic mass is 10.1. The van der Waals surface area contributed by atoms with Crippen molar-refractivity contribution in [2.24, 2.45) is 6.98 Å². The van der Waals surface area contributed by atoms with Crippen molar-refractivity contribution in [3.8, 4) is 44.5 Å². The number of hydrogen-bond acceptors (Lipinski definition) is 7. The molecule has 1 atom stereocenters. The smallest absolute Gasteiger partial charge is 0.330 e. The van der Waals surface area contributed by atoms with Crippen LogP contribution in [0.4, 0.5) is 0 Å². The van der Waals surface area contributed by atoms with Gasteiger partial charge in [0, 0.05) is 92.9 Å². The van der Waals surface area contributed by atoms with Gasteiger partial charge in [0.25, 0.3) is 33.7 Å². The van der Waals surface area contributed by atoms with Gasteiger partial charge in [-0.05, 0) is 52.8 Å². The first-order valence-electron chi connectivity index (χ1n) is 33.4. The summed E-state index contributed by atoms with van der Waals surface area (Å²) in [5.74, 6) is 2.42. The van der Waals surface area contributed by atoms with E-state index in [1.165, 1.54) is 98.1 Å². The Kier molecular flexibility index (Phi) is 10.7. The molecule has 20 heteroatoms. The van der Waals surface area contributed by atoms with Crippen molar-refractivity contribution in [3.63, 3.8) is 0 Å². The van der Waals surface area contributed by atoms with Crippen molar-refractivity contribution < 1.29 is 26.3 Å². The zero-order chi connectivity index (χ0) is 65.4. The van der Waals surface area contributed by atoms with Crippen molar-refractivity contribution in [3.05, 3.63) is 296 Å². The number of fused-ring (bicyclic) bond motifs is 34. The number of thiazole rings is 2. The minimum absolute atomic E-state index is 0.403. The van der Waals surface area contributed by atoms with Crippen LogP contribution in [0.15, 0.2) is 251 Å². The lowest BCUT2D eigenvalue weighted by Crippen LogP contribution is -2.35. The lowest BCUT2D eigenvalue weighted by molar-refractivity contribution is -0.670. The third-order valence-corrected chi connectivity index (χ3v) is 22.1. The normalized spacial score (nSPS) is 14.9. The molecule has 25 rings (SSSR count). The minimum Gasteiger partial charge on any atom is -0.330 e. The maximum absolute atomic E-state index is 7.93. The standard InChI is InChI=1S/C16H12N3S.3C15H11N4.C15H11N3S/c1-18-13-6-7-17-8-12(13)14-16(18)20-15-11-5-3-2-4-10(11)9-19(14)15;1-2-4-13-11(3-1)8-17-10-18-9-12-7-16-5-6-19(12)15(18)14(13)17;1-2-4-13-11(3-1)7-17-9-14-18(15(13)17)8-12-5-6-16-10-19(12)14;1-2-4-13-11(3-1)7-18-14(13)9-17-8-12-5-6-16-10-19(12)15(17)18;1-2-4-11-10(3-1)8-17-13(11)9-18-12-5-6-16-7-14(12)19-15(17)18/h2-8H,9H2,1H3;1-7,9-10H,8H2;2*1-6,8-10H,7H2;1-7,9,13H,8H2/q4*+1;+2/i1D3;;;;. The molecule has 0 aliphatic carbocycles. The number of benzene rings is 5. The maximum atomic E-state index is 7.93. The average molecular weight is 1290 g/mol. The molecule has 14 aromatic heterocycles. The summed E-state index contributed by atoms with van der Waals surface area (Å²) in [6.07, 6.45) is 35.7. The quantitative estimate of drug-likeness (QED) is 0.140. The van der Waals surface area contributed by atoms with Crippen LogP contribution >= 0.6 is 22.7 Å². The molecule has 0 fully saturated rings. The fourth-order valence-electron chi connectivity index (χ4n) is 15.5. The van der Waals surface area contributed by atoms with E-state index in [4.69, 9.17) is 4.11 Å². The van der Waals surface area contributed by atoms with Crippen LogP contribution in [0.2, 0.25) is 0 Å². The maximum Gasteiger partial charge on any atom is 0.508 e. The second-order valence-corrected chi connectivity index (χ2v) is 27.0. The Hall–Kier alpha value is -12.1. The van der Waals surface area contributed by atoms with Crippen LogP contribution in [0, 0.1) is 6.21 Å². The van der Waals surface area contributed by atoms with Gasteiger partial charge >= 0.3 is 10.6 Å². The fraction of sp³-hybridized carbons (Fsp3) is 0.0921. The zero-order valence-corrected chi connectivity index (χ0v) is 52.9. The van der Waals surface area contributed by atoms with Crippen molar-refractivity contribution in [2.45, 2.75) is 38.8 Å². The predicted octanol–water partition coefficient (Wildman–Crippen LogP) is 10.2. The number of hydrogen-bond donors (Lipinski definition) is 0. The second kappa shape index (κ2) is 20.4. The molecule has 19 aromatic rings. The van der Waals surface area contributed by atoms with Gasteiger partial charge in [0.2, 0.25) is 11.7 Å². The number of aromatic nitrogens is 17. The molecule has 0 radical (unpaired) electrons. The Balaban J connectivity index is 0.0000000814. The van der Waals surface area contributed by atoms with Crippen molar-refractivity contribution >= 4 is 87.8 Å². The molecule has 0 bridgehead atoms. The summed E-state index contributed by atoms with van der Waals surface area (Å²) in [7, 11) is 0. The highest BCUT2D eigenvalue weighted by atomic mass is 32.1. The molecule has 0 amide bonds. The van der Waals surface area contributed by atoms with Gasteiger partial charge in [-0.2, -0.15) is 13.4 Å². The molecule has 96 heavy (non-hydrogen) atoms. The largest absolute Gasteiger partial charge is 0.508 e. The average Bonchev–Trinajstić information content (AvgIpc) is 1.72. The van der Waals surface area contributed by atoms with Crippen LogP contribution in [0.5, 0.6) is 0 Å². The third kappa shape index (κ3) is 7.81.